The highest BCUT2D eigenvalue weighted by molar-refractivity contribution is 6.05. The van der Waals surface area contributed by atoms with Crippen molar-refractivity contribution in [1.82, 2.24) is 0 Å². The third-order valence-electron chi connectivity index (χ3n) is 7.14. The average molecular weight is 511 g/mol. The van der Waals surface area contributed by atoms with Crippen molar-refractivity contribution in [3.63, 3.8) is 0 Å². The molecule has 0 N–H and O–H groups in total. The molecule has 3 aromatic rings. The molecule has 1 heterocycles. The van der Waals surface area contributed by atoms with Crippen LogP contribution in [0.15, 0.2) is 84.6 Å². The van der Waals surface area contributed by atoms with Crippen molar-refractivity contribution in [2.75, 3.05) is 11.9 Å². The Labute approximate surface area is 217 Å². The molecule has 0 saturated heterocycles. The molecule has 0 radical (unpaired) electrons. The van der Waals surface area contributed by atoms with E-state index >= 15 is 0 Å². The number of hydrogen-bond donors (Lipinski definition) is 0. The Balaban J connectivity index is 1.64. The lowest BCUT2D eigenvalue weighted by atomic mass is 9.84. The van der Waals surface area contributed by atoms with Crippen LogP contribution in [0.4, 0.5) is 22.7 Å². The number of para-hydroxylation sites is 1. The van der Waals surface area contributed by atoms with Crippen LogP contribution in [0.25, 0.3) is 16.7 Å². The van der Waals surface area contributed by atoms with E-state index in [2.05, 4.69) is 30.9 Å². The monoisotopic (exact) mass is 510 g/mol. The van der Waals surface area contributed by atoms with Gasteiger partial charge in [0.05, 0.1) is 26.4 Å². The molecule has 5 rings (SSSR count). The van der Waals surface area contributed by atoms with E-state index in [1.165, 1.54) is 29.8 Å². The zero-order valence-electron chi connectivity index (χ0n) is 20.7. The first kappa shape index (κ1) is 24.6. The lowest BCUT2D eigenvalue weighted by molar-refractivity contribution is -0.393. The Morgan fingerprint density at radius 1 is 0.763 bits per heavy atom. The van der Waals surface area contributed by atoms with E-state index in [0.29, 0.717) is 16.7 Å². The minimum Gasteiger partial charge on any atom is -0.347 e. The number of benzene rings is 3. The van der Waals surface area contributed by atoms with Gasteiger partial charge in [-0.15, -0.1) is 0 Å². The molecule has 3 aromatic carbocycles. The van der Waals surface area contributed by atoms with E-state index in [1.54, 1.807) is 12.2 Å². The highest BCUT2D eigenvalue weighted by Gasteiger charge is 2.38. The molecule has 0 atom stereocenters. The maximum Gasteiger partial charge on any atom is 0.284 e. The smallest absolute Gasteiger partial charge is 0.284 e. The van der Waals surface area contributed by atoms with Crippen molar-refractivity contribution in [2.45, 2.75) is 19.3 Å². The third-order valence-corrected chi connectivity index (χ3v) is 7.14. The molecule has 190 valence electrons. The van der Waals surface area contributed by atoms with Crippen LogP contribution in [0.1, 0.15) is 30.5 Å². The maximum atomic E-state index is 11.8. The summed E-state index contributed by atoms with van der Waals surface area (Å²) in [6.45, 7) is 4.27. The van der Waals surface area contributed by atoms with Crippen LogP contribution in [-0.4, -0.2) is 21.8 Å². The van der Waals surface area contributed by atoms with Gasteiger partial charge in [0.15, 0.2) is 0 Å². The number of allylic oxidation sites excluding steroid dienone is 5. The molecular formula is C28H22N4O6. The average Bonchev–Trinajstić information content (AvgIpc) is 3.29. The number of nitrogens with zero attached hydrogens (tertiary/aromatic N) is 4. The molecule has 0 amide bonds. The Morgan fingerprint density at radius 3 is 2.08 bits per heavy atom. The minimum absolute atomic E-state index is 0.183. The van der Waals surface area contributed by atoms with Gasteiger partial charge in [-0.3, -0.25) is 30.3 Å². The summed E-state index contributed by atoms with van der Waals surface area (Å²) in [4.78, 5) is 35.0. The summed E-state index contributed by atoms with van der Waals surface area (Å²) in [6, 6.07) is 14.4. The van der Waals surface area contributed by atoms with E-state index in [-0.39, 0.29) is 22.2 Å². The largest absolute Gasteiger partial charge is 0.347 e. The Hall–Kier alpha value is -5.12. The number of hydrogen-bond acceptors (Lipinski definition) is 7. The zero-order valence-corrected chi connectivity index (χ0v) is 20.7. The van der Waals surface area contributed by atoms with Gasteiger partial charge in [-0.1, -0.05) is 50.3 Å². The SMILES string of the molecule is CN1/C(=C/C=C/C=C2\c3cc([N+](=O)[O-])ccc3-c3c2cc([N+](=O)[O-])cc3[N+](=O)[O-])C(C)(C)c2ccccc21. The van der Waals surface area contributed by atoms with Crippen LogP contribution in [0, 0.1) is 30.3 Å². The number of nitro groups is 3. The second-order valence-corrected chi connectivity index (χ2v) is 9.61. The molecular weight excluding hydrogens is 488 g/mol. The summed E-state index contributed by atoms with van der Waals surface area (Å²) in [6.07, 6.45) is 7.20. The van der Waals surface area contributed by atoms with Gasteiger partial charge in [0.25, 0.3) is 17.1 Å². The van der Waals surface area contributed by atoms with Crippen LogP contribution in [-0.2, 0) is 5.41 Å². The first-order valence-corrected chi connectivity index (χ1v) is 11.7. The quantitative estimate of drug-likeness (QED) is 0.216. The standard InChI is InChI=1S/C28H22N4O6/c1-28(2)23-9-5-6-10-24(23)29(3)26(28)11-7-4-8-19-21-14-17(30(33)34)12-13-20(21)27-22(19)15-18(31(35)36)16-25(27)32(37)38/h4-16H,1-3H3/b7-4+,19-8+,26-11+. The molecule has 1 aliphatic heterocycles. The predicted octanol–water partition coefficient (Wildman–Crippen LogP) is 6.69. The van der Waals surface area contributed by atoms with Crippen molar-refractivity contribution < 1.29 is 14.8 Å². The summed E-state index contributed by atoms with van der Waals surface area (Å²) < 4.78 is 0. The highest BCUT2D eigenvalue weighted by atomic mass is 16.6. The first-order valence-electron chi connectivity index (χ1n) is 11.7. The van der Waals surface area contributed by atoms with Crippen LogP contribution in [0.3, 0.4) is 0 Å². The Kier molecular flexibility index (Phi) is 5.67. The van der Waals surface area contributed by atoms with Crippen molar-refractivity contribution in [1.29, 1.82) is 0 Å². The number of rotatable bonds is 5. The number of likely N-dealkylation sites (N-methyl/N-ethyl adjacent to an activating group) is 1. The van der Waals surface area contributed by atoms with Gasteiger partial charge in [-0.2, -0.15) is 0 Å². The molecule has 0 bridgehead atoms. The topological polar surface area (TPSA) is 133 Å². The van der Waals surface area contributed by atoms with Crippen LogP contribution >= 0.6 is 0 Å². The molecule has 2 aliphatic rings. The van der Waals surface area contributed by atoms with Gasteiger partial charge < -0.3 is 4.90 Å². The molecule has 0 spiro atoms. The molecule has 0 unspecified atom stereocenters. The summed E-state index contributed by atoms with van der Waals surface area (Å²) in [5.74, 6) is 0. The van der Waals surface area contributed by atoms with Crippen molar-refractivity contribution in [2.24, 2.45) is 0 Å². The minimum atomic E-state index is -0.688. The van der Waals surface area contributed by atoms with Gasteiger partial charge in [-0.05, 0) is 40.5 Å². The van der Waals surface area contributed by atoms with E-state index in [1.807, 2.05) is 31.3 Å². The second kappa shape index (κ2) is 8.77. The van der Waals surface area contributed by atoms with Crippen molar-refractivity contribution >= 4 is 28.3 Å². The van der Waals surface area contributed by atoms with Crippen LogP contribution in [0.2, 0.25) is 0 Å². The van der Waals surface area contributed by atoms with Crippen LogP contribution in [0.5, 0.6) is 0 Å². The fourth-order valence-corrected chi connectivity index (χ4v) is 5.37. The Morgan fingerprint density at radius 2 is 1.42 bits per heavy atom. The maximum absolute atomic E-state index is 11.8. The summed E-state index contributed by atoms with van der Waals surface area (Å²) in [5, 5.41) is 34.8. The molecule has 38 heavy (non-hydrogen) atoms. The predicted molar refractivity (Wildman–Crippen MR) is 144 cm³/mol. The summed E-state index contributed by atoms with van der Waals surface area (Å²) in [7, 11) is 1.99. The number of fused-ring (bicyclic) bond motifs is 4. The molecule has 1 aliphatic carbocycles. The summed E-state index contributed by atoms with van der Waals surface area (Å²) >= 11 is 0. The molecule has 10 nitrogen and oxygen atoms in total. The fourth-order valence-electron chi connectivity index (χ4n) is 5.37. The zero-order chi connectivity index (χ0) is 27.4. The highest BCUT2D eigenvalue weighted by Crippen LogP contribution is 2.51. The Bertz CT molecular complexity index is 1650. The molecule has 0 fully saturated rings. The number of anilines is 1. The first-order chi connectivity index (χ1) is 18.0. The molecule has 0 aromatic heterocycles. The van der Waals surface area contributed by atoms with E-state index in [4.69, 9.17) is 0 Å². The lowest BCUT2D eigenvalue weighted by Gasteiger charge is -2.23. The second-order valence-electron chi connectivity index (χ2n) is 9.61. The van der Waals surface area contributed by atoms with Crippen molar-refractivity contribution in [3.05, 3.63) is 132 Å². The number of nitro benzene ring substituents is 3. The van der Waals surface area contributed by atoms with Gasteiger partial charge in [0.1, 0.15) is 0 Å². The van der Waals surface area contributed by atoms with E-state index < -0.39 is 26.1 Å². The molecule has 0 saturated carbocycles. The number of non-ortho nitro benzene ring substituents is 2. The van der Waals surface area contributed by atoms with E-state index in [0.717, 1.165) is 17.5 Å². The van der Waals surface area contributed by atoms with Gasteiger partial charge in [0, 0.05) is 47.6 Å². The van der Waals surface area contributed by atoms with Gasteiger partial charge in [-0.25, -0.2) is 0 Å². The van der Waals surface area contributed by atoms with Gasteiger partial charge >= 0.3 is 0 Å². The normalized spacial score (nSPS) is 17.1. The fraction of sp³-hybridized carbons (Fsp3) is 0.143. The molecule has 10 heteroatoms. The lowest BCUT2D eigenvalue weighted by Crippen LogP contribution is -2.22. The van der Waals surface area contributed by atoms with Gasteiger partial charge in [0.2, 0.25) is 0 Å². The van der Waals surface area contributed by atoms with E-state index in [9.17, 15) is 30.3 Å². The third kappa shape index (κ3) is 3.74. The summed E-state index contributed by atoms with van der Waals surface area (Å²) in [5.41, 5.74) is 3.83. The van der Waals surface area contributed by atoms with Crippen molar-refractivity contribution in [3.8, 4) is 11.1 Å². The van der Waals surface area contributed by atoms with Crippen LogP contribution < -0.4 is 4.90 Å².